The summed E-state index contributed by atoms with van der Waals surface area (Å²) in [6, 6.07) is 6.54. The summed E-state index contributed by atoms with van der Waals surface area (Å²) in [5, 5.41) is 14.7. The van der Waals surface area contributed by atoms with Crippen molar-refractivity contribution >= 4 is 29.4 Å². The molecule has 0 radical (unpaired) electrons. The van der Waals surface area contributed by atoms with Crippen LogP contribution in [0.5, 0.6) is 0 Å². The zero-order valence-corrected chi connectivity index (χ0v) is 12.5. The van der Waals surface area contributed by atoms with Gasteiger partial charge >= 0.3 is 12.0 Å². The molecule has 3 N–H and O–H groups in total. The maximum absolute atomic E-state index is 11.6. The minimum absolute atomic E-state index is 0.0148. The van der Waals surface area contributed by atoms with Crippen LogP contribution < -0.4 is 10.6 Å². The maximum Gasteiger partial charge on any atom is 0.319 e. The molecule has 6 heteroatoms. The molecule has 0 aliphatic rings. The number of rotatable bonds is 7. The minimum Gasteiger partial charge on any atom is -0.481 e. The highest BCUT2D eigenvalue weighted by atomic mass is 32.2. The molecular formula is C14H20N2O3S. The number of anilines is 1. The van der Waals surface area contributed by atoms with Crippen LogP contribution in [0.4, 0.5) is 10.5 Å². The maximum atomic E-state index is 11.6. The number of thioether (sulfide) groups is 1. The second kappa shape index (κ2) is 8.47. The van der Waals surface area contributed by atoms with Gasteiger partial charge in [-0.25, -0.2) is 4.79 Å². The van der Waals surface area contributed by atoms with Crippen molar-refractivity contribution in [3.8, 4) is 0 Å². The number of hydrogen-bond acceptors (Lipinski definition) is 3. The molecule has 0 aromatic heterocycles. The molecule has 0 heterocycles. The molecule has 1 atom stereocenters. The summed E-state index contributed by atoms with van der Waals surface area (Å²) in [6.45, 7) is 2.75. The summed E-state index contributed by atoms with van der Waals surface area (Å²) >= 11 is 1.77. The third-order valence-corrected chi connectivity index (χ3v) is 3.85. The monoisotopic (exact) mass is 296 g/mol. The highest BCUT2D eigenvalue weighted by Crippen LogP contribution is 2.10. The van der Waals surface area contributed by atoms with Crippen LogP contribution in [0.3, 0.4) is 0 Å². The van der Waals surface area contributed by atoms with Crippen molar-refractivity contribution in [3.05, 3.63) is 29.8 Å². The number of hydrogen-bond donors (Lipinski definition) is 3. The zero-order valence-electron chi connectivity index (χ0n) is 11.7. The van der Waals surface area contributed by atoms with Gasteiger partial charge in [-0.3, -0.25) is 4.79 Å². The normalized spacial score (nSPS) is 11.7. The van der Waals surface area contributed by atoms with Crippen molar-refractivity contribution in [2.45, 2.75) is 25.0 Å². The Hall–Kier alpha value is -1.69. The van der Waals surface area contributed by atoms with Gasteiger partial charge in [-0.1, -0.05) is 19.1 Å². The summed E-state index contributed by atoms with van der Waals surface area (Å²) in [5.74, 6) is -0.869. The number of amides is 2. The first-order valence-electron chi connectivity index (χ1n) is 6.39. The van der Waals surface area contributed by atoms with Crippen LogP contribution in [0.2, 0.25) is 0 Å². The van der Waals surface area contributed by atoms with E-state index in [0.717, 1.165) is 6.42 Å². The average molecular weight is 296 g/mol. The fourth-order valence-corrected chi connectivity index (χ4v) is 1.92. The van der Waals surface area contributed by atoms with Gasteiger partial charge < -0.3 is 15.7 Å². The van der Waals surface area contributed by atoms with E-state index in [1.165, 1.54) is 0 Å². The first-order chi connectivity index (χ1) is 9.51. The third kappa shape index (κ3) is 6.47. The number of carboxylic acid groups (broad SMARTS) is 1. The quantitative estimate of drug-likeness (QED) is 0.722. The Kier molecular flexibility index (Phi) is 6.93. The Bertz CT molecular complexity index is 448. The van der Waals surface area contributed by atoms with E-state index in [-0.39, 0.29) is 12.5 Å². The molecule has 1 aromatic carbocycles. The van der Waals surface area contributed by atoms with Crippen LogP contribution in [0.15, 0.2) is 24.3 Å². The molecule has 1 rings (SSSR count). The van der Waals surface area contributed by atoms with Crippen LogP contribution in [-0.2, 0) is 11.2 Å². The molecule has 1 unspecified atom stereocenters. The van der Waals surface area contributed by atoms with E-state index in [0.29, 0.717) is 23.0 Å². The van der Waals surface area contributed by atoms with E-state index in [4.69, 9.17) is 5.11 Å². The summed E-state index contributed by atoms with van der Waals surface area (Å²) < 4.78 is 0. The van der Waals surface area contributed by atoms with Crippen LogP contribution >= 0.6 is 11.8 Å². The van der Waals surface area contributed by atoms with E-state index in [1.54, 1.807) is 36.0 Å². The topological polar surface area (TPSA) is 78.4 Å². The summed E-state index contributed by atoms with van der Waals surface area (Å²) in [7, 11) is 0. The van der Waals surface area contributed by atoms with Crippen molar-refractivity contribution in [1.82, 2.24) is 5.32 Å². The Morgan fingerprint density at radius 2 is 1.95 bits per heavy atom. The van der Waals surface area contributed by atoms with E-state index in [9.17, 15) is 9.59 Å². The van der Waals surface area contributed by atoms with Gasteiger partial charge in [0, 0.05) is 17.5 Å². The van der Waals surface area contributed by atoms with Gasteiger partial charge in [-0.15, -0.1) is 0 Å². The van der Waals surface area contributed by atoms with Gasteiger partial charge in [0.25, 0.3) is 0 Å². The Balaban J connectivity index is 2.36. The molecule has 110 valence electrons. The third-order valence-electron chi connectivity index (χ3n) is 2.81. The van der Waals surface area contributed by atoms with E-state index in [2.05, 4.69) is 17.6 Å². The van der Waals surface area contributed by atoms with E-state index >= 15 is 0 Å². The zero-order chi connectivity index (χ0) is 15.0. The molecule has 0 aliphatic carbocycles. The number of nitrogens with one attached hydrogen (secondary N) is 2. The molecule has 0 saturated heterocycles. The van der Waals surface area contributed by atoms with Crippen LogP contribution in [0.25, 0.3) is 0 Å². The highest BCUT2D eigenvalue weighted by Gasteiger charge is 2.04. The molecule has 2 amide bonds. The largest absolute Gasteiger partial charge is 0.481 e. The lowest BCUT2D eigenvalue weighted by molar-refractivity contribution is -0.136. The summed E-state index contributed by atoms with van der Waals surface area (Å²) in [6.07, 6.45) is 2.95. The lowest BCUT2D eigenvalue weighted by Crippen LogP contribution is -2.30. The van der Waals surface area contributed by atoms with Gasteiger partial charge in [0.15, 0.2) is 0 Å². The molecule has 20 heavy (non-hydrogen) atoms. The average Bonchev–Trinajstić information content (AvgIpc) is 2.40. The SMILES string of the molecule is CSC(C)CCNC(=O)Nc1ccc(CC(=O)O)cc1. The van der Waals surface area contributed by atoms with Crippen molar-refractivity contribution < 1.29 is 14.7 Å². The summed E-state index contributed by atoms with van der Waals surface area (Å²) in [4.78, 5) is 22.2. The van der Waals surface area contributed by atoms with Crippen LogP contribution in [0.1, 0.15) is 18.9 Å². The number of carbonyl (C=O) groups excluding carboxylic acids is 1. The van der Waals surface area contributed by atoms with E-state index in [1.807, 2.05) is 6.26 Å². The lowest BCUT2D eigenvalue weighted by atomic mass is 10.1. The van der Waals surface area contributed by atoms with Crippen molar-refractivity contribution in [3.63, 3.8) is 0 Å². The van der Waals surface area contributed by atoms with Gasteiger partial charge in [0.1, 0.15) is 0 Å². The fourth-order valence-electron chi connectivity index (χ4n) is 1.56. The van der Waals surface area contributed by atoms with Crippen LogP contribution in [-0.4, -0.2) is 35.2 Å². The van der Waals surface area contributed by atoms with Gasteiger partial charge in [0.2, 0.25) is 0 Å². The molecule has 1 aromatic rings. The van der Waals surface area contributed by atoms with Gasteiger partial charge in [0.05, 0.1) is 6.42 Å². The van der Waals surface area contributed by atoms with E-state index < -0.39 is 5.97 Å². The Morgan fingerprint density at radius 3 is 2.50 bits per heavy atom. The number of carbonyl (C=O) groups is 2. The molecule has 0 bridgehead atoms. The molecule has 0 spiro atoms. The number of aliphatic carboxylic acids is 1. The second-order valence-electron chi connectivity index (χ2n) is 4.48. The second-order valence-corrected chi connectivity index (χ2v) is 5.76. The first kappa shape index (κ1) is 16.4. The molecule has 0 aliphatic heterocycles. The predicted octanol–water partition coefficient (Wildman–Crippen LogP) is 2.58. The molecule has 5 nitrogen and oxygen atoms in total. The Morgan fingerprint density at radius 1 is 1.30 bits per heavy atom. The molecular weight excluding hydrogens is 276 g/mol. The predicted molar refractivity (Wildman–Crippen MR) is 82.4 cm³/mol. The molecule has 0 saturated carbocycles. The van der Waals surface area contributed by atoms with Gasteiger partial charge in [-0.2, -0.15) is 11.8 Å². The fraction of sp³-hybridized carbons (Fsp3) is 0.429. The van der Waals surface area contributed by atoms with Crippen molar-refractivity contribution in [2.24, 2.45) is 0 Å². The highest BCUT2D eigenvalue weighted by molar-refractivity contribution is 7.99. The van der Waals surface area contributed by atoms with Crippen molar-refractivity contribution in [2.75, 3.05) is 18.1 Å². The summed E-state index contributed by atoms with van der Waals surface area (Å²) in [5.41, 5.74) is 1.35. The van der Waals surface area contributed by atoms with Crippen LogP contribution in [0, 0.1) is 0 Å². The Labute approximate surface area is 123 Å². The number of urea groups is 1. The number of benzene rings is 1. The smallest absolute Gasteiger partial charge is 0.319 e. The lowest BCUT2D eigenvalue weighted by Gasteiger charge is -2.10. The minimum atomic E-state index is -0.869. The van der Waals surface area contributed by atoms with Crippen molar-refractivity contribution in [1.29, 1.82) is 0 Å². The first-order valence-corrected chi connectivity index (χ1v) is 7.68. The van der Waals surface area contributed by atoms with Gasteiger partial charge in [-0.05, 0) is 30.4 Å². The molecule has 0 fully saturated rings. The standard InChI is InChI=1S/C14H20N2O3S/c1-10(20-2)7-8-15-14(19)16-12-5-3-11(4-6-12)9-13(17)18/h3-6,10H,7-9H2,1-2H3,(H,17,18)(H2,15,16,19). The number of carboxylic acids is 1.